The number of hydrogen-bond acceptors (Lipinski definition) is 6. The lowest BCUT2D eigenvalue weighted by molar-refractivity contribution is -0.116. The average Bonchev–Trinajstić information content (AvgIpc) is 3.12. The van der Waals surface area contributed by atoms with E-state index in [9.17, 15) is 9.59 Å². The van der Waals surface area contributed by atoms with Gasteiger partial charge in [0.05, 0.1) is 38.5 Å². The number of nitrogens with one attached hydrogen (secondary N) is 1. The maximum absolute atomic E-state index is 12.8. The molecule has 1 unspecified atom stereocenters. The molecule has 1 N–H and O–H groups in total. The van der Waals surface area contributed by atoms with Gasteiger partial charge in [-0.05, 0) is 51.5 Å². The van der Waals surface area contributed by atoms with Crippen molar-refractivity contribution < 1.29 is 23.8 Å². The van der Waals surface area contributed by atoms with E-state index < -0.39 is 0 Å². The van der Waals surface area contributed by atoms with Crippen molar-refractivity contribution in [2.24, 2.45) is 0 Å². The predicted octanol–water partition coefficient (Wildman–Crippen LogP) is 3.51. The van der Waals surface area contributed by atoms with E-state index in [1.807, 2.05) is 45.0 Å². The number of hydrogen-bond donors (Lipinski definition) is 1. The number of nitrogens with zero attached hydrogens (tertiary/aromatic N) is 2. The summed E-state index contributed by atoms with van der Waals surface area (Å²) >= 11 is 0. The van der Waals surface area contributed by atoms with Crippen LogP contribution in [0, 0.1) is 13.8 Å². The number of benzene rings is 1. The number of morpholine rings is 1. The molecule has 1 aromatic heterocycles. The molecule has 1 saturated heterocycles. The fourth-order valence-corrected chi connectivity index (χ4v) is 4.64. The van der Waals surface area contributed by atoms with Gasteiger partial charge >= 0.3 is 5.97 Å². The monoisotopic (exact) mass is 483 g/mol. The van der Waals surface area contributed by atoms with Gasteiger partial charge in [0.15, 0.2) is 0 Å². The molecule has 0 bridgehead atoms. The first-order valence-electron chi connectivity index (χ1n) is 12.2. The maximum atomic E-state index is 12.8. The van der Waals surface area contributed by atoms with Crippen molar-refractivity contribution in [3.63, 3.8) is 0 Å². The number of carbonyl (C=O) groups excluding carboxylic acids is 2. The molecule has 1 fully saturated rings. The number of amides is 1. The van der Waals surface area contributed by atoms with Crippen molar-refractivity contribution >= 4 is 18.0 Å². The van der Waals surface area contributed by atoms with Crippen LogP contribution in [-0.2, 0) is 20.8 Å². The number of rotatable bonds is 10. The van der Waals surface area contributed by atoms with Crippen LogP contribution in [0.25, 0.3) is 6.08 Å². The van der Waals surface area contributed by atoms with Gasteiger partial charge in [-0.3, -0.25) is 9.69 Å². The second kappa shape index (κ2) is 12.6. The Morgan fingerprint density at radius 2 is 1.80 bits per heavy atom. The number of ether oxygens (including phenoxy) is 3. The summed E-state index contributed by atoms with van der Waals surface area (Å²) in [6.45, 7) is 12.1. The Morgan fingerprint density at radius 3 is 2.40 bits per heavy atom. The smallest absolute Gasteiger partial charge is 0.340 e. The molecular weight excluding hydrogens is 446 g/mol. The minimum absolute atomic E-state index is 0.0161. The molecule has 1 amide bonds. The van der Waals surface area contributed by atoms with Gasteiger partial charge in [0.2, 0.25) is 5.91 Å². The zero-order valence-electron chi connectivity index (χ0n) is 21.4. The van der Waals surface area contributed by atoms with Gasteiger partial charge < -0.3 is 24.1 Å². The van der Waals surface area contributed by atoms with Gasteiger partial charge in [-0.2, -0.15) is 0 Å². The number of methoxy groups -OCH3 is 1. The van der Waals surface area contributed by atoms with Crippen molar-refractivity contribution in [1.82, 2.24) is 14.8 Å². The van der Waals surface area contributed by atoms with E-state index in [0.29, 0.717) is 31.9 Å². The number of carbonyl (C=O) groups is 2. The molecule has 2 heterocycles. The van der Waals surface area contributed by atoms with Crippen molar-refractivity contribution in [2.45, 2.75) is 40.3 Å². The summed E-state index contributed by atoms with van der Waals surface area (Å²) in [6.07, 6.45) is 3.21. The molecule has 8 nitrogen and oxygen atoms in total. The Morgan fingerprint density at radius 1 is 1.11 bits per heavy atom. The lowest BCUT2D eigenvalue weighted by Gasteiger charge is -2.34. The third-order valence-corrected chi connectivity index (χ3v) is 6.48. The van der Waals surface area contributed by atoms with Gasteiger partial charge in [0.1, 0.15) is 5.75 Å². The molecule has 1 aliphatic rings. The fourth-order valence-electron chi connectivity index (χ4n) is 4.64. The summed E-state index contributed by atoms with van der Waals surface area (Å²) in [6, 6.07) is 7.95. The van der Waals surface area contributed by atoms with Crippen molar-refractivity contribution in [1.29, 1.82) is 0 Å². The molecule has 3 rings (SSSR count). The number of aromatic nitrogens is 1. The zero-order valence-corrected chi connectivity index (χ0v) is 21.4. The van der Waals surface area contributed by atoms with Crippen LogP contribution in [0.4, 0.5) is 0 Å². The van der Waals surface area contributed by atoms with Crippen LogP contribution < -0.4 is 10.1 Å². The highest BCUT2D eigenvalue weighted by molar-refractivity contribution is 5.98. The van der Waals surface area contributed by atoms with Crippen molar-refractivity contribution in [2.75, 3.05) is 46.6 Å². The Labute approximate surface area is 207 Å². The van der Waals surface area contributed by atoms with E-state index in [2.05, 4.69) is 14.8 Å². The molecule has 0 saturated carbocycles. The Balaban J connectivity index is 1.77. The average molecular weight is 484 g/mol. The molecule has 190 valence electrons. The van der Waals surface area contributed by atoms with Crippen LogP contribution in [0.2, 0.25) is 0 Å². The number of esters is 1. The molecule has 1 aliphatic heterocycles. The van der Waals surface area contributed by atoms with E-state index in [4.69, 9.17) is 14.2 Å². The van der Waals surface area contributed by atoms with Crippen LogP contribution in [0.1, 0.15) is 52.8 Å². The van der Waals surface area contributed by atoms with Crippen LogP contribution in [0.15, 0.2) is 30.3 Å². The van der Waals surface area contributed by atoms with E-state index in [1.165, 1.54) is 6.08 Å². The summed E-state index contributed by atoms with van der Waals surface area (Å²) in [7, 11) is 1.65. The van der Waals surface area contributed by atoms with Gasteiger partial charge in [0, 0.05) is 49.2 Å². The lowest BCUT2D eigenvalue weighted by atomic mass is 10.0. The Bertz CT molecular complexity index is 1040. The minimum Gasteiger partial charge on any atom is -0.497 e. The zero-order chi connectivity index (χ0) is 25.4. The van der Waals surface area contributed by atoms with Crippen LogP contribution >= 0.6 is 0 Å². The topological polar surface area (TPSA) is 82.0 Å². The lowest BCUT2D eigenvalue weighted by Crippen LogP contribution is -2.43. The molecule has 1 aromatic carbocycles. The van der Waals surface area contributed by atoms with Crippen molar-refractivity contribution in [3.8, 4) is 5.75 Å². The minimum atomic E-state index is -0.368. The van der Waals surface area contributed by atoms with E-state index in [1.54, 1.807) is 20.1 Å². The largest absolute Gasteiger partial charge is 0.497 e. The third kappa shape index (κ3) is 6.32. The highest BCUT2D eigenvalue weighted by atomic mass is 16.5. The Hall–Kier alpha value is -3.10. The highest BCUT2D eigenvalue weighted by Crippen LogP contribution is 2.26. The normalized spacial score (nSPS) is 15.2. The molecule has 35 heavy (non-hydrogen) atoms. The van der Waals surface area contributed by atoms with E-state index in [0.717, 1.165) is 47.9 Å². The SMILES string of the molecule is CCOC(=O)c1c(/C=C/C(=O)NCC(c2ccc(OC)cc2)N2CCOCC2)c(C)n(CC)c1C. The van der Waals surface area contributed by atoms with Crippen molar-refractivity contribution in [3.05, 3.63) is 58.4 Å². The van der Waals surface area contributed by atoms with Gasteiger partial charge in [0.25, 0.3) is 0 Å². The van der Waals surface area contributed by atoms with Crippen LogP contribution in [0.3, 0.4) is 0 Å². The summed E-state index contributed by atoms with van der Waals surface area (Å²) in [4.78, 5) is 27.8. The summed E-state index contributed by atoms with van der Waals surface area (Å²) < 4.78 is 18.1. The molecule has 2 aromatic rings. The highest BCUT2D eigenvalue weighted by Gasteiger charge is 2.24. The summed E-state index contributed by atoms with van der Waals surface area (Å²) in [5, 5.41) is 3.04. The maximum Gasteiger partial charge on any atom is 0.340 e. The van der Waals surface area contributed by atoms with E-state index >= 15 is 0 Å². The standard InChI is InChI=1S/C27H37N3O5/c1-6-30-19(3)23(26(20(30)4)27(32)35-7-2)12-13-25(31)28-18-24(29-14-16-34-17-15-29)21-8-10-22(33-5)11-9-21/h8-13,24H,6-7,14-18H2,1-5H3,(H,28,31)/b13-12+. The van der Waals surface area contributed by atoms with Gasteiger partial charge in [-0.1, -0.05) is 12.1 Å². The molecule has 0 spiro atoms. The third-order valence-electron chi connectivity index (χ3n) is 6.48. The quantitative estimate of drug-likeness (QED) is 0.411. The molecule has 8 heteroatoms. The second-order valence-corrected chi connectivity index (χ2v) is 8.44. The van der Waals surface area contributed by atoms with Gasteiger partial charge in [-0.25, -0.2) is 4.79 Å². The predicted molar refractivity (Wildman–Crippen MR) is 136 cm³/mol. The fraction of sp³-hybridized carbons (Fsp3) is 0.481. The Kier molecular flexibility index (Phi) is 9.51. The first kappa shape index (κ1) is 26.5. The summed E-state index contributed by atoms with van der Waals surface area (Å²) in [5.74, 6) is 0.212. The molecular formula is C27H37N3O5. The van der Waals surface area contributed by atoms with E-state index in [-0.39, 0.29) is 17.9 Å². The molecule has 0 radical (unpaired) electrons. The second-order valence-electron chi connectivity index (χ2n) is 8.44. The first-order chi connectivity index (χ1) is 16.9. The van der Waals surface area contributed by atoms with Crippen LogP contribution in [-0.4, -0.2) is 67.9 Å². The molecule has 0 aliphatic carbocycles. The summed E-state index contributed by atoms with van der Waals surface area (Å²) in [5.41, 5.74) is 4.11. The van der Waals surface area contributed by atoms with Gasteiger partial charge in [-0.15, -0.1) is 0 Å². The first-order valence-corrected chi connectivity index (χ1v) is 12.2. The van der Waals surface area contributed by atoms with Crippen LogP contribution in [0.5, 0.6) is 5.75 Å². The molecule has 1 atom stereocenters.